The molecule has 41 heavy (non-hydrogen) atoms. The first-order valence-corrected chi connectivity index (χ1v) is 14.4. The molecule has 0 aromatic carbocycles. The first kappa shape index (κ1) is 32.6. The van der Waals surface area contributed by atoms with Gasteiger partial charge in [-0.1, -0.05) is 12.1 Å². The number of carbonyl (C=O) groups excluding carboxylic acids is 2. The Labute approximate surface area is 244 Å². The van der Waals surface area contributed by atoms with E-state index in [0.717, 1.165) is 32.9 Å². The van der Waals surface area contributed by atoms with Crippen molar-refractivity contribution in [1.29, 1.82) is 0 Å². The summed E-state index contributed by atoms with van der Waals surface area (Å²) in [6.07, 6.45) is 8.53. The lowest BCUT2D eigenvalue weighted by Crippen LogP contribution is -2.40. The van der Waals surface area contributed by atoms with Crippen molar-refractivity contribution >= 4 is 11.9 Å². The molecule has 0 bridgehead atoms. The van der Waals surface area contributed by atoms with Crippen LogP contribution in [0.25, 0.3) is 0 Å². The van der Waals surface area contributed by atoms with E-state index in [0.29, 0.717) is 23.9 Å². The smallest absolute Gasteiger partial charge is 0.347 e. The monoisotopic (exact) mass is 570 g/mol. The molecule has 2 aromatic heterocycles. The molecule has 3 aliphatic rings. The van der Waals surface area contributed by atoms with Gasteiger partial charge in [-0.15, -0.1) is 0 Å². The summed E-state index contributed by atoms with van der Waals surface area (Å²) in [5, 5.41) is 0. The van der Waals surface area contributed by atoms with Gasteiger partial charge in [0.15, 0.2) is 12.2 Å². The molecule has 0 radical (unpaired) electrons. The van der Waals surface area contributed by atoms with Crippen molar-refractivity contribution in [1.82, 2.24) is 19.8 Å². The third kappa shape index (κ3) is 9.29. The fourth-order valence-electron chi connectivity index (χ4n) is 5.68. The zero-order valence-electron chi connectivity index (χ0n) is 25.3. The third-order valence-electron chi connectivity index (χ3n) is 7.77. The standard InChI is InChI=1S/C13H20N2O.C12H18N2O.C6H8O4/c1-3-16-10-12-6-8-15(2)13(12)11-5-4-7-14-9-11;1-14-7-5-11(9-15-2)12(14)10-4-3-6-13-8-10;1-3-5(7)10-4(2)6(8)9-3/h4-5,7,9,12-13H,3,6,8,10H2,1-2H3;3-4,6,8,11-12H,5,7,9H2,1-2H3;3-4H,1-2H3. The Hall–Kier alpha value is -2.92. The second-order valence-corrected chi connectivity index (χ2v) is 10.8. The van der Waals surface area contributed by atoms with E-state index in [9.17, 15) is 9.59 Å². The molecule has 6 unspecified atom stereocenters. The predicted octanol–water partition coefficient (Wildman–Crippen LogP) is 3.70. The summed E-state index contributed by atoms with van der Waals surface area (Å²) in [6, 6.07) is 9.28. The van der Waals surface area contributed by atoms with E-state index in [1.807, 2.05) is 36.9 Å². The SMILES string of the molecule is CC1OC(=O)C(C)OC1=O.CCOCC1CCN(C)C1c1cccnc1.COCC1CCN(C)C1c1cccnc1. The average molecular weight is 571 g/mol. The zero-order chi connectivity index (χ0) is 29.8. The summed E-state index contributed by atoms with van der Waals surface area (Å²) in [4.78, 5) is 34.5. The molecule has 0 saturated carbocycles. The normalized spacial score (nSPS) is 28.1. The number of esters is 2. The van der Waals surface area contributed by atoms with Crippen LogP contribution in [0, 0.1) is 11.8 Å². The predicted molar refractivity (Wildman–Crippen MR) is 155 cm³/mol. The van der Waals surface area contributed by atoms with Crippen LogP contribution in [-0.4, -0.2) is 98.0 Å². The van der Waals surface area contributed by atoms with E-state index in [2.05, 4.69) is 62.4 Å². The molecule has 3 fully saturated rings. The van der Waals surface area contributed by atoms with Crippen LogP contribution in [0.3, 0.4) is 0 Å². The molecule has 10 nitrogen and oxygen atoms in total. The van der Waals surface area contributed by atoms with Crippen molar-refractivity contribution in [3.05, 3.63) is 60.2 Å². The van der Waals surface area contributed by atoms with E-state index < -0.39 is 24.1 Å². The van der Waals surface area contributed by atoms with Crippen LogP contribution in [0.2, 0.25) is 0 Å². The Bertz CT molecular complexity index is 1040. The van der Waals surface area contributed by atoms with Gasteiger partial charge < -0.3 is 18.9 Å². The molecule has 0 aliphatic carbocycles. The average Bonchev–Trinajstić information content (AvgIpc) is 3.54. The Morgan fingerprint density at radius 2 is 1.29 bits per heavy atom. The molecule has 2 aromatic rings. The van der Waals surface area contributed by atoms with Gasteiger partial charge in [-0.3, -0.25) is 19.8 Å². The zero-order valence-corrected chi connectivity index (χ0v) is 25.3. The largest absolute Gasteiger partial charge is 0.448 e. The highest BCUT2D eigenvalue weighted by molar-refractivity contribution is 5.86. The third-order valence-corrected chi connectivity index (χ3v) is 7.77. The van der Waals surface area contributed by atoms with Crippen molar-refractivity contribution in [3.63, 3.8) is 0 Å². The van der Waals surface area contributed by atoms with E-state index in [1.54, 1.807) is 7.11 Å². The number of methoxy groups -OCH3 is 1. The molecule has 5 heterocycles. The van der Waals surface area contributed by atoms with E-state index >= 15 is 0 Å². The highest BCUT2D eigenvalue weighted by Gasteiger charge is 2.34. The number of carbonyl (C=O) groups is 2. The summed E-state index contributed by atoms with van der Waals surface area (Å²) in [5.41, 5.74) is 2.62. The van der Waals surface area contributed by atoms with Crippen molar-refractivity contribution < 1.29 is 28.5 Å². The van der Waals surface area contributed by atoms with Crippen LogP contribution in [0.15, 0.2) is 49.1 Å². The van der Waals surface area contributed by atoms with Crippen molar-refractivity contribution in [3.8, 4) is 0 Å². The number of pyridine rings is 2. The molecule has 0 N–H and O–H groups in total. The second-order valence-electron chi connectivity index (χ2n) is 10.8. The molecule has 0 amide bonds. The number of hydrogen-bond acceptors (Lipinski definition) is 10. The summed E-state index contributed by atoms with van der Waals surface area (Å²) < 4.78 is 20.0. The second kappa shape index (κ2) is 16.5. The first-order valence-electron chi connectivity index (χ1n) is 14.4. The molecule has 226 valence electrons. The van der Waals surface area contributed by atoms with Gasteiger partial charge in [0, 0.05) is 62.4 Å². The van der Waals surface area contributed by atoms with Gasteiger partial charge in [0.1, 0.15) is 0 Å². The van der Waals surface area contributed by atoms with Crippen molar-refractivity contribution in [2.75, 3.05) is 54.1 Å². The number of likely N-dealkylation sites (tertiary alicyclic amines) is 2. The minimum atomic E-state index is -0.747. The van der Waals surface area contributed by atoms with Crippen molar-refractivity contribution in [2.45, 2.75) is 57.9 Å². The van der Waals surface area contributed by atoms with Gasteiger partial charge >= 0.3 is 11.9 Å². The summed E-state index contributed by atoms with van der Waals surface area (Å²) in [6.45, 7) is 9.81. The van der Waals surface area contributed by atoms with Crippen LogP contribution >= 0.6 is 0 Å². The van der Waals surface area contributed by atoms with Crippen molar-refractivity contribution in [2.24, 2.45) is 11.8 Å². The number of ether oxygens (including phenoxy) is 4. The Morgan fingerprint density at radius 3 is 1.68 bits per heavy atom. The molecule has 5 rings (SSSR count). The van der Waals surface area contributed by atoms with Gasteiger partial charge in [-0.25, -0.2) is 9.59 Å². The highest BCUT2D eigenvalue weighted by Crippen LogP contribution is 2.36. The summed E-state index contributed by atoms with van der Waals surface area (Å²) >= 11 is 0. The minimum absolute atomic E-state index is 0.471. The Balaban J connectivity index is 0.000000174. The van der Waals surface area contributed by atoms with E-state index in [4.69, 9.17) is 9.47 Å². The van der Waals surface area contributed by atoms with Crippen LogP contribution < -0.4 is 0 Å². The molecule has 10 heteroatoms. The lowest BCUT2D eigenvalue weighted by Gasteiger charge is -2.25. The van der Waals surface area contributed by atoms with Gasteiger partial charge in [0.25, 0.3) is 0 Å². The maximum absolute atomic E-state index is 10.7. The number of cyclic esters (lactones) is 2. The fraction of sp³-hybridized carbons (Fsp3) is 0.613. The minimum Gasteiger partial charge on any atom is -0.448 e. The molecular weight excluding hydrogens is 524 g/mol. The van der Waals surface area contributed by atoms with Crippen LogP contribution in [-0.2, 0) is 28.5 Å². The highest BCUT2D eigenvalue weighted by atomic mass is 16.6. The number of rotatable bonds is 7. The Morgan fingerprint density at radius 1 is 0.829 bits per heavy atom. The number of aromatic nitrogens is 2. The fourth-order valence-corrected chi connectivity index (χ4v) is 5.68. The topological polar surface area (TPSA) is 103 Å². The lowest BCUT2D eigenvalue weighted by atomic mass is 9.96. The lowest BCUT2D eigenvalue weighted by molar-refractivity contribution is -0.191. The summed E-state index contributed by atoms with van der Waals surface area (Å²) in [5.74, 6) is 0.248. The quantitative estimate of drug-likeness (QED) is 0.458. The maximum atomic E-state index is 10.7. The van der Waals surface area contributed by atoms with Gasteiger partial charge in [-0.05, 0) is 84.1 Å². The van der Waals surface area contributed by atoms with Crippen LogP contribution in [0.1, 0.15) is 56.8 Å². The molecule has 3 aliphatic heterocycles. The summed E-state index contributed by atoms with van der Waals surface area (Å²) in [7, 11) is 6.13. The molecule has 6 atom stereocenters. The van der Waals surface area contributed by atoms with Gasteiger partial charge in [-0.2, -0.15) is 0 Å². The number of hydrogen-bond donors (Lipinski definition) is 0. The molecule has 0 spiro atoms. The van der Waals surface area contributed by atoms with E-state index in [1.165, 1.54) is 37.8 Å². The molecular formula is C31H46N4O6. The number of nitrogens with zero attached hydrogens (tertiary/aromatic N) is 4. The van der Waals surface area contributed by atoms with Gasteiger partial charge in [0.05, 0.1) is 13.2 Å². The van der Waals surface area contributed by atoms with Crippen LogP contribution in [0.5, 0.6) is 0 Å². The molecule has 3 saturated heterocycles. The maximum Gasteiger partial charge on any atom is 0.347 e. The van der Waals surface area contributed by atoms with Crippen LogP contribution in [0.4, 0.5) is 0 Å². The van der Waals surface area contributed by atoms with Gasteiger partial charge in [0.2, 0.25) is 0 Å². The first-order chi connectivity index (χ1) is 19.8. The van der Waals surface area contributed by atoms with E-state index in [-0.39, 0.29) is 0 Å². The Kier molecular flexibility index (Phi) is 13.1.